The number of nitrogens with one attached hydrogen (secondary N) is 1. The zero-order chi connectivity index (χ0) is 14.8. The summed E-state index contributed by atoms with van der Waals surface area (Å²) in [6.45, 7) is 9.41. The maximum absolute atomic E-state index is 12.4. The van der Waals surface area contributed by atoms with Crippen LogP contribution >= 0.6 is 12.4 Å². The number of amides is 1. The zero-order valence-corrected chi connectivity index (χ0v) is 14.7. The second kappa shape index (κ2) is 7.80. The lowest BCUT2D eigenvalue weighted by atomic mass is 9.63. The molecule has 0 radical (unpaired) electrons. The summed E-state index contributed by atoms with van der Waals surface area (Å²) < 4.78 is 5.75. The van der Waals surface area contributed by atoms with Crippen molar-refractivity contribution in [3.63, 3.8) is 0 Å². The van der Waals surface area contributed by atoms with Gasteiger partial charge in [0.15, 0.2) is 0 Å². The van der Waals surface area contributed by atoms with Crippen LogP contribution in [-0.2, 0) is 9.53 Å². The first-order valence-corrected chi connectivity index (χ1v) is 8.04. The lowest BCUT2D eigenvalue weighted by Crippen LogP contribution is -2.62. The van der Waals surface area contributed by atoms with E-state index in [0.29, 0.717) is 30.4 Å². The highest BCUT2D eigenvalue weighted by atomic mass is 35.5. The Hall–Kier alpha value is -0.320. The van der Waals surface area contributed by atoms with Crippen LogP contribution in [0.15, 0.2) is 0 Å². The van der Waals surface area contributed by atoms with E-state index in [1.165, 1.54) is 6.42 Å². The summed E-state index contributed by atoms with van der Waals surface area (Å²) in [5.41, 5.74) is 0.0787. The molecule has 21 heavy (non-hydrogen) atoms. The van der Waals surface area contributed by atoms with Crippen LogP contribution in [0.1, 0.15) is 46.5 Å². The molecule has 4 nitrogen and oxygen atoms in total. The predicted molar refractivity (Wildman–Crippen MR) is 87.8 cm³/mol. The van der Waals surface area contributed by atoms with Gasteiger partial charge in [0.25, 0.3) is 0 Å². The van der Waals surface area contributed by atoms with Crippen molar-refractivity contribution in [1.82, 2.24) is 10.2 Å². The van der Waals surface area contributed by atoms with Gasteiger partial charge in [-0.05, 0) is 45.2 Å². The first-order valence-electron chi connectivity index (χ1n) is 8.04. The Kier molecular flexibility index (Phi) is 6.95. The molecule has 0 aromatic heterocycles. The van der Waals surface area contributed by atoms with Crippen LogP contribution in [0, 0.1) is 11.3 Å². The molecule has 1 N–H and O–H groups in total. The van der Waals surface area contributed by atoms with Gasteiger partial charge in [-0.2, -0.15) is 0 Å². The quantitative estimate of drug-likeness (QED) is 0.818. The zero-order valence-electron chi connectivity index (χ0n) is 13.9. The fourth-order valence-corrected chi connectivity index (χ4v) is 3.64. The van der Waals surface area contributed by atoms with E-state index in [0.717, 1.165) is 32.5 Å². The molecule has 2 fully saturated rings. The smallest absolute Gasteiger partial charge is 0.222 e. The summed E-state index contributed by atoms with van der Waals surface area (Å²) in [7, 11) is 1.96. The Balaban J connectivity index is 0.00000220. The van der Waals surface area contributed by atoms with E-state index in [1.807, 2.05) is 18.9 Å². The molecule has 0 aromatic rings. The van der Waals surface area contributed by atoms with E-state index in [4.69, 9.17) is 4.74 Å². The van der Waals surface area contributed by atoms with E-state index >= 15 is 0 Å². The van der Waals surface area contributed by atoms with Gasteiger partial charge in [0, 0.05) is 31.5 Å². The summed E-state index contributed by atoms with van der Waals surface area (Å²) in [6.07, 6.45) is 4.21. The summed E-state index contributed by atoms with van der Waals surface area (Å²) in [5.74, 6) is 0.989. The molecule has 0 bridgehead atoms. The molecule has 1 aliphatic heterocycles. The number of hydrogen-bond acceptors (Lipinski definition) is 3. The number of hydrogen-bond donors (Lipinski definition) is 1. The van der Waals surface area contributed by atoms with Crippen molar-refractivity contribution >= 4 is 18.3 Å². The summed E-state index contributed by atoms with van der Waals surface area (Å²) >= 11 is 0. The van der Waals surface area contributed by atoms with E-state index in [9.17, 15) is 4.79 Å². The van der Waals surface area contributed by atoms with E-state index in [-0.39, 0.29) is 17.8 Å². The van der Waals surface area contributed by atoms with Gasteiger partial charge < -0.3 is 15.0 Å². The number of rotatable bonds is 6. The topological polar surface area (TPSA) is 41.6 Å². The Morgan fingerprint density at radius 3 is 2.67 bits per heavy atom. The van der Waals surface area contributed by atoms with E-state index in [1.54, 1.807) is 0 Å². The van der Waals surface area contributed by atoms with Gasteiger partial charge in [-0.15, -0.1) is 12.4 Å². The predicted octanol–water partition coefficient (Wildman–Crippen LogP) is 2.46. The van der Waals surface area contributed by atoms with Crippen LogP contribution in [-0.4, -0.2) is 49.7 Å². The molecule has 1 heterocycles. The van der Waals surface area contributed by atoms with Crippen molar-refractivity contribution < 1.29 is 9.53 Å². The van der Waals surface area contributed by atoms with Gasteiger partial charge in [-0.1, -0.05) is 13.8 Å². The fourth-order valence-electron chi connectivity index (χ4n) is 3.64. The molecule has 3 unspecified atom stereocenters. The van der Waals surface area contributed by atoms with Gasteiger partial charge >= 0.3 is 0 Å². The molecule has 1 amide bonds. The average molecular weight is 319 g/mol. The molecule has 2 rings (SSSR count). The minimum Gasteiger partial charge on any atom is -0.378 e. The second-order valence-electron chi connectivity index (χ2n) is 6.92. The van der Waals surface area contributed by atoms with Gasteiger partial charge in [-0.25, -0.2) is 0 Å². The Labute approximate surface area is 135 Å². The number of ether oxygens (including phenoxy) is 1. The molecular weight excluding hydrogens is 288 g/mol. The van der Waals surface area contributed by atoms with Crippen LogP contribution < -0.4 is 5.32 Å². The van der Waals surface area contributed by atoms with Crippen molar-refractivity contribution in [2.75, 3.05) is 26.7 Å². The minimum absolute atomic E-state index is 0. The van der Waals surface area contributed by atoms with Crippen molar-refractivity contribution in [2.45, 2.75) is 58.6 Å². The van der Waals surface area contributed by atoms with Crippen molar-refractivity contribution in [3.05, 3.63) is 0 Å². The first kappa shape index (κ1) is 18.7. The molecular formula is C16H31ClN2O2. The van der Waals surface area contributed by atoms with Crippen LogP contribution in [0.25, 0.3) is 0 Å². The third-order valence-electron chi connectivity index (χ3n) is 5.28. The highest BCUT2D eigenvalue weighted by Gasteiger charge is 2.51. The number of nitrogens with zero attached hydrogens (tertiary/aromatic N) is 1. The maximum Gasteiger partial charge on any atom is 0.222 e. The Morgan fingerprint density at radius 1 is 1.43 bits per heavy atom. The number of carbonyl (C=O) groups excluding carboxylic acids is 1. The Bertz CT molecular complexity index is 343. The van der Waals surface area contributed by atoms with Crippen LogP contribution in [0.5, 0.6) is 0 Å². The molecule has 5 heteroatoms. The lowest BCUT2D eigenvalue weighted by molar-refractivity contribution is -0.163. The van der Waals surface area contributed by atoms with E-state index < -0.39 is 0 Å². The molecule has 1 aliphatic carbocycles. The van der Waals surface area contributed by atoms with Gasteiger partial charge in [0.05, 0.1) is 6.10 Å². The molecule has 124 valence electrons. The SMILES string of the molecule is CCOC1CC(N(C)C(=O)CCC2CCNC2)C1(C)C.Cl. The third kappa shape index (κ3) is 4.11. The largest absolute Gasteiger partial charge is 0.378 e. The second-order valence-corrected chi connectivity index (χ2v) is 6.92. The summed E-state index contributed by atoms with van der Waals surface area (Å²) in [5, 5.41) is 3.36. The van der Waals surface area contributed by atoms with Gasteiger partial charge in [0.2, 0.25) is 5.91 Å². The molecule has 2 aliphatic rings. The number of carbonyl (C=O) groups is 1. The van der Waals surface area contributed by atoms with Crippen molar-refractivity contribution in [2.24, 2.45) is 11.3 Å². The lowest BCUT2D eigenvalue weighted by Gasteiger charge is -2.54. The monoisotopic (exact) mass is 318 g/mol. The fraction of sp³-hybridized carbons (Fsp3) is 0.938. The van der Waals surface area contributed by atoms with Gasteiger partial charge in [-0.3, -0.25) is 4.79 Å². The van der Waals surface area contributed by atoms with Crippen LogP contribution in [0.3, 0.4) is 0 Å². The molecule has 1 saturated carbocycles. The van der Waals surface area contributed by atoms with Crippen LogP contribution in [0.2, 0.25) is 0 Å². The highest BCUT2D eigenvalue weighted by Crippen LogP contribution is 2.45. The minimum atomic E-state index is 0. The number of halogens is 1. The molecule has 3 atom stereocenters. The summed E-state index contributed by atoms with van der Waals surface area (Å²) in [6, 6.07) is 0.327. The first-order chi connectivity index (χ1) is 9.46. The third-order valence-corrected chi connectivity index (χ3v) is 5.28. The Morgan fingerprint density at radius 2 is 2.14 bits per heavy atom. The van der Waals surface area contributed by atoms with Crippen LogP contribution in [0.4, 0.5) is 0 Å². The molecule has 1 saturated heterocycles. The molecule has 0 aromatic carbocycles. The normalized spacial score (nSPS) is 30.4. The van der Waals surface area contributed by atoms with E-state index in [2.05, 4.69) is 19.2 Å². The molecule has 0 spiro atoms. The standard InChI is InChI=1S/C16H30N2O2.ClH/c1-5-20-14-10-13(16(14,2)3)18(4)15(19)7-6-12-8-9-17-11-12;/h12-14,17H,5-11H2,1-4H3;1H. The average Bonchev–Trinajstić information content (AvgIpc) is 2.93. The van der Waals surface area contributed by atoms with Crippen molar-refractivity contribution in [3.8, 4) is 0 Å². The maximum atomic E-state index is 12.4. The highest BCUT2D eigenvalue weighted by molar-refractivity contribution is 5.85. The van der Waals surface area contributed by atoms with Gasteiger partial charge in [0.1, 0.15) is 0 Å². The van der Waals surface area contributed by atoms with Crippen molar-refractivity contribution in [1.29, 1.82) is 0 Å². The summed E-state index contributed by atoms with van der Waals surface area (Å²) in [4.78, 5) is 14.3.